The highest BCUT2D eigenvalue weighted by atomic mass is 35.5. The fourth-order valence-corrected chi connectivity index (χ4v) is 2.39. The maximum atomic E-state index is 12.4. The van der Waals surface area contributed by atoms with Crippen molar-refractivity contribution < 1.29 is 4.79 Å². The largest absolute Gasteiger partial charge is 0.354 e. The Morgan fingerprint density at radius 3 is 2.52 bits per heavy atom. The molecule has 6 heteroatoms. The molecule has 0 saturated carbocycles. The molecule has 25 heavy (non-hydrogen) atoms. The highest BCUT2D eigenvalue weighted by Gasteiger charge is 2.08. The molecule has 2 aromatic carbocycles. The molecule has 1 aromatic heterocycles. The lowest BCUT2D eigenvalue weighted by Gasteiger charge is -2.09. The molecule has 0 fully saturated rings. The molecule has 1 heterocycles. The molecular formula is C19H13ClN4O. The highest BCUT2D eigenvalue weighted by Crippen LogP contribution is 2.20. The second kappa shape index (κ2) is 7.47. The van der Waals surface area contributed by atoms with Gasteiger partial charge in [0, 0.05) is 22.6 Å². The summed E-state index contributed by atoms with van der Waals surface area (Å²) in [4.78, 5) is 16.5. The van der Waals surface area contributed by atoms with E-state index >= 15 is 0 Å². The summed E-state index contributed by atoms with van der Waals surface area (Å²) in [6.45, 7) is 0. The third-order valence-corrected chi connectivity index (χ3v) is 3.62. The summed E-state index contributed by atoms with van der Waals surface area (Å²) in [5.74, 6) is -0.285. The van der Waals surface area contributed by atoms with Gasteiger partial charge in [-0.1, -0.05) is 17.7 Å². The number of nitrogens with one attached hydrogen (secondary N) is 2. The average Bonchev–Trinajstić information content (AvgIpc) is 2.62. The summed E-state index contributed by atoms with van der Waals surface area (Å²) < 4.78 is 0. The summed E-state index contributed by atoms with van der Waals surface area (Å²) >= 11 is 5.96. The third-order valence-electron chi connectivity index (χ3n) is 3.39. The van der Waals surface area contributed by atoms with Crippen LogP contribution in [0.4, 0.5) is 17.1 Å². The fourth-order valence-electron chi connectivity index (χ4n) is 2.20. The van der Waals surface area contributed by atoms with Gasteiger partial charge in [0.15, 0.2) is 0 Å². The van der Waals surface area contributed by atoms with Crippen LogP contribution in [0.5, 0.6) is 0 Å². The van der Waals surface area contributed by atoms with Gasteiger partial charge < -0.3 is 10.6 Å². The number of rotatable bonds is 4. The number of pyridine rings is 1. The third kappa shape index (κ3) is 4.34. The zero-order chi connectivity index (χ0) is 17.6. The average molecular weight is 349 g/mol. The van der Waals surface area contributed by atoms with E-state index in [2.05, 4.69) is 15.6 Å². The minimum Gasteiger partial charge on any atom is -0.354 e. The SMILES string of the molecule is N#Cc1ccc(NC(=O)c2cncc(Nc3cccc(Cl)c3)c2)cc1. The Morgan fingerprint density at radius 1 is 1.00 bits per heavy atom. The van der Waals surface area contributed by atoms with Crippen molar-refractivity contribution >= 4 is 34.6 Å². The van der Waals surface area contributed by atoms with Crippen LogP contribution >= 0.6 is 11.6 Å². The molecule has 0 spiro atoms. The predicted octanol–water partition coefficient (Wildman–Crippen LogP) is 4.60. The second-order valence-corrected chi connectivity index (χ2v) is 5.68. The van der Waals surface area contributed by atoms with Gasteiger partial charge in [0.2, 0.25) is 0 Å². The van der Waals surface area contributed by atoms with Gasteiger partial charge in [0.05, 0.1) is 29.1 Å². The first-order valence-corrected chi connectivity index (χ1v) is 7.81. The van der Waals surface area contributed by atoms with Crippen molar-refractivity contribution in [2.75, 3.05) is 10.6 Å². The molecule has 122 valence electrons. The summed E-state index contributed by atoms with van der Waals surface area (Å²) in [7, 11) is 0. The van der Waals surface area contributed by atoms with Crippen LogP contribution < -0.4 is 10.6 Å². The van der Waals surface area contributed by atoms with Gasteiger partial charge in [-0.2, -0.15) is 5.26 Å². The smallest absolute Gasteiger partial charge is 0.257 e. The van der Waals surface area contributed by atoms with Crippen molar-refractivity contribution in [3.8, 4) is 6.07 Å². The van der Waals surface area contributed by atoms with E-state index < -0.39 is 0 Å². The lowest BCUT2D eigenvalue weighted by molar-refractivity contribution is 0.102. The van der Waals surface area contributed by atoms with E-state index in [-0.39, 0.29) is 5.91 Å². The minimum atomic E-state index is -0.285. The Kier molecular flexibility index (Phi) is 4.93. The first-order chi connectivity index (χ1) is 12.1. The molecule has 0 saturated heterocycles. The van der Waals surface area contributed by atoms with Crippen LogP contribution in [0.1, 0.15) is 15.9 Å². The quantitative estimate of drug-likeness (QED) is 0.722. The first-order valence-electron chi connectivity index (χ1n) is 7.43. The van der Waals surface area contributed by atoms with E-state index in [1.165, 1.54) is 6.20 Å². The summed E-state index contributed by atoms with van der Waals surface area (Å²) in [6.07, 6.45) is 3.11. The van der Waals surface area contributed by atoms with E-state index in [9.17, 15) is 4.79 Å². The Bertz CT molecular complexity index is 948. The van der Waals surface area contributed by atoms with Crippen molar-refractivity contribution in [2.24, 2.45) is 0 Å². The zero-order valence-corrected chi connectivity index (χ0v) is 13.8. The van der Waals surface area contributed by atoms with E-state index in [0.29, 0.717) is 27.5 Å². The topological polar surface area (TPSA) is 77.8 Å². The normalized spacial score (nSPS) is 9.92. The number of anilines is 3. The number of carbonyl (C=O) groups excluding carboxylic acids is 1. The highest BCUT2D eigenvalue weighted by molar-refractivity contribution is 6.30. The lowest BCUT2D eigenvalue weighted by atomic mass is 10.2. The molecule has 0 aliphatic heterocycles. The van der Waals surface area contributed by atoms with Crippen molar-refractivity contribution in [3.05, 3.63) is 83.1 Å². The molecule has 0 unspecified atom stereocenters. The number of aromatic nitrogens is 1. The Balaban J connectivity index is 1.73. The summed E-state index contributed by atoms with van der Waals surface area (Å²) in [6, 6.07) is 17.6. The number of halogens is 1. The van der Waals surface area contributed by atoms with Crippen LogP contribution in [-0.4, -0.2) is 10.9 Å². The van der Waals surface area contributed by atoms with Crippen LogP contribution in [0.2, 0.25) is 5.02 Å². The fraction of sp³-hybridized carbons (Fsp3) is 0. The number of benzene rings is 2. The molecule has 0 radical (unpaired) electrons. The van der Waals surface area contributed by atoms with Gasteiger partial charge in [0.1, 0.15) is 0 Å². The Hall–Kier alpha value is -3.36. The van der Waals surface area contributed by atoms with Gasteiger partial charge in [-0.15, -0.1) is 0 Å². The maximum Gasteiger partial charge on any atom is 0.257 e. The molecule has 0 bridgehead atoms. The van der Waals surface area contributed by atoms with Crippen LogP contribution in [0, 0.1) is 11.3 Å². The molecule has 3 rings (SSSR count). The van der Waals surface area contributed by atoms with E-state index in [0.717, 1.165) is 5.69 Å². The van der Waals surface area contributed by atoms with Crippen molar-refractivity contribution in [1.29, 1.82) is 5.26 Å². The summed E-state index contributed by atoms with van der Waals surface area (Å²) in [5.41, 5.74) is 3.04. The van der Waals surface area contributed by atoms with Crippen LogP contribution in [-0.2, 0) is 0 Å². The number of nitrogens with zero attached hydrogens (tertiary/aromatic N) is 2. The standard InChI is InChI=1S/C19H13ClN4O/c20-15-2-1-3-17(9-15)23-18-8-14(11-22-12-18)19(25)24-16-6-4-13(10-21)5-7-16/h1-9,11-12,23H,(H,24,25). The summed E-state index contributed by atoms with van der Waals surface area (Å²) in [5, 5.41) is 15.3. The van der Waals surface area contributed by atoms with Crippen molar-refractivity contribution in [3.63, 3.8) is 0 Å². The van der Waals surface area contributed by atoms with E-state index in [1.54, 1.807) is 48.7 Å². The number of amides is 1. The minimum absolute atomic E-state index is 0.285. The molecule has 0 aliphatic carbocycles. The number of nitriles is 1. The molecule has 3 aromatic rings. The molecule has 0 aliphatic rings. The number of hydrogen-bond donors (Lipinski definition) is 2. The Labute approximate surface area is 149 Å². The van der Waals surface area contributed by atoms with E-state index in [4.69, 9.17) is 16.9 Å². The molecule has 0 atom stereocenters. The van der Waals surface area contributed by atoms with Gasteiger partial charge in [0.25, 0.3) is 5.91 Å². The van der Waals surface area contributed by atoms with Gasteiger partial charge in [-0.3, -0.25) is 9.78 Å². The van der Waals surface area contributed by atoms with Crippen molar-refractivity contribution in [2.45, 2.75) is 0 Å². The molecular weight excluding hydrogens is 336 g/mol. The predicted molar refractivity (Wildman–Crippen MR) is 98.1 cm³/mol. The number of carbonyl (C=O) groups is 1. The first kappa shape index (κ1) is 16.5. The molecule has 5 nitrogen and oxygen atoms in total. The zero-order valence-electron chi connectivity index (χ0n) is 13.0. The molecule has 1 amide bonds. The molecule has 2 N–H and O–H groups in total. The van der Waals surface area contributed by atoms with Crippen molar-refractivity contribution in [1.82, 2.24) is 4.98 Å². The van der Waals surface area contributed by atoms with Gasteiger partial charge in [-0.25, -0.2) is 0 Å². The number of hydrogen-bond acceptors (Lipinski definition) is 4. The van der Waals surface area contributed by atoms with Gasteiger partial charge in [-0.05, 0) is 48.5 Å². The van der Waals surface area contributed by atoms with E-state index in [1.807, 2.05) is 18.2 Å². The Morgan fingerprint density at radius 2 is 1.80 bits per heavy atom. The monoisotopic (exact) mass is 348 g/mol. The van der Waals surface area contributed by atoms with Gasteiger partial charge >= 0.3 is 0 Å². The van der Waals surface area contributed by atoms with Crippen LogP contribution in [0.3, 0.4) is 0 Å². The van der Waals surface area contributed by atoms with Crippen LogP contribution in [0.15, 0.2) is 67.0 Å². The maximum absolute atomic E-state index is 12.4. The lowest BCUT2D eigenvalue weighted by Crippen LogP contribution is -2.12. The second-order valence-electron chi connectivity index (χ2n) is 5.24. The van der Waals surface area contributed by atoms with Crippen LogP contribution in [0.25, 0.3) is 0 Å².